The zero-order valence-electron chi connectivity index (χ0n) is 13.2. The number of benzene rings is 1. The van der Waals surface area contributed by atoms with Crippen molar-refractivity contribution in [3.05, 3.63) is 35.4 Å². The van der Waals surface area contributed by atoms with E-state index in [1.54, 1.807) is 13.8 Å². The van der Waals surface area contributed by atoms with E-state index in [2.05, 4.69) is 16.7 Å². The lowest BCUT2D eigenvalue weighted by atomic mass is 9.90. The fraction of sp³-hybridized carbons (Fsp3) is 0.500. The third-order valence-electron chi connectivity index (χ3n) is 3.78. The van der Waals surface area contributed by atoms with Crippen molar-refractivity contribution in [2.24, 2.45) is 5.92 Å². The fourth-order valence-electron chi connectivity index (χ4n) is 1.84. The minimum atomic E-state index is -0.955. The molecule has 0 aromatic heterocycles. The number of carbonyl (C=O) groups is 1. The van der Waals surface area contributed by atoms with Crippen molar-refractivity contribution in [1.82, 2.24) is 10.6 Å². The van der Waals surface area contributed by atoms with Crippen LogP contribution in [0.2, 0.25) is 0 Å². The molecule has 0 aliphatic carbocycles. The van der Waals surface area contributed by atoms with Crippen molar-refractivity contribution in [2.75, 3.05) is 6.54 Å². The van der Waals surface area contributed by atoms with Crippen molar-refractivity contribution >= 4 is 5.91 Å². The number of carbonyl (C=O) groups excluding carboxylic acids is 1. The van der Waals surface area contributed by atoms with Crippen LogP contribution in [-0.4, -0.2) is 18.0 Å². The van der Waals surface area contributed by atoms with E-state index in [0.717, 1.165) is 6.07 Å². The van der Waals surface area contributed by atoms with Crippen molar-refractivity contribution in [3.8, 4) is 6.07 Å². The molecule has 1 aromatic carbocycles. The summed E-state index contributed by atoms with van der Waals surface area (Å²) >= 11 is 0. The molecule has 0 spiro atoms. The predicted molar refractivity (Wildman–Crippen MR) is 79.8 cm³/mol. The smallest absolute Gasteiger partial charge is 0.235 e. The molecule has 0 bridgehead atoms. The summed E-state index contributed by atoms with van der Waals surface area (Å²) in [7, 11) is 0. The van der Waals surface area contributed by atoms with Crippen LogP contribution in [0.5, 0.6) is 0 Å². The number of nitrogens with one attached hydrogen (secondary N) is 2. The Morgan fingerprint density at radius 3 is 2.50 bits per heavy atom. The molecule has 4 nitrogen and oxygen atoms in total. The molecule has 0 heterocycles. The highest BCUT2D eigenvalue weighted by Crippen LogP contribution is 2.18. The average Bonchev–Trinajstić information content (AvgIpc) is 2.44. The molecule has 1 aromatic rings. The van der Waals surface area contributed by atoms with Gasteiger partial charge in [-0.15, -0.1) is 0 Å². The van der Waals surface area contributed by atoms with E-state index < -0.39 is 23.2 Å². The number of rotatable bonds is 6. The van der Waals surface area contributed by atoms with Crippen LogP contribution in [-0.2, 0) is 4.79 Å². The molecule has 0 saturated carbocycles. The Morgan fingerprint density at radius 2 is 2.00 bits per heavy atom. The second-order valence-corrected chi connectivity index (χ2v) is 5.79. The molecule has 1 rings (SSSR count). The molecule has 22 heavy (non-hydrogen) atoms. The molecule has 120 valence electrons. The first-order chi connectivity index (χ1) is 10.2. The summed E-state index contributed by atoms with van der Waals surface area (Å²) in [6.07, 6.45) is 0. The quantitative estimate of drug-likeness (QED) is 0.849. The van der Waals surface area contributed by atoms with Crippen molar-refractivity contribution in [3.63, 3.8) is 0 Å². The van der Waals surface area contributed by atoms with E-state index in [4.69, 9.17) is 5.26 Å². The van der Waals surface area contributed by atoms with E-state index in [-0.39, 0.29) is 23.9 Å². The highest BCUT2D eigenvalue weighted by molar-refractivity contribution is 5.79. The van der Waals surface area contributed by atoms with Gasteiger partial charge in [-0.1, -0.05) is 19.9 Å². The van der Waals surface area contributed by atoms with Gasteiger partial charge in [0.25, 0.3) is 0 Å². The van der Waals surface area contributed by atoms with Crippen molar-refractivity contribution in [2.45, 2.75) is 39.3 Å². The molecular weight excluding hydrogens is 288 g/mol. The van der Waals surface area contributed by atoms with Gasteiger partial charge >= 0.3 is 0 Å². The highest BCUT2D eigenvalue weighted by atomic mass is 19.1. The van der Waals surface area contributed by atoms with Gasteiger partial charge < -0.3 is 10.6 Å². The monoisotopic (exact) mass is 309 g/mol. The van der Waals surface area contributed by atoms with Crippen LogP contribution in [0.3, 0.4) is 0 Å². The Balaban J connectivity index is 2.62. The molecule has 1 amide bonds. The van der Waals surface area contributed by atoms with E-state index in [1.807, 2.05) is 13.8 Å². The van der Waals surface area contributed by atoms with Crippen LogP contribution >= 0.6 is 0 Å². The van der Waals surface area contributed by atoms with Gasteiger partial charge in [0.1, 0.15) is 17.2 Å². The number of halogens is 2. The molecule has 0 fully saturated rings. The lowest BCUT2D eigenvalue weighted by molar-refractivity contribution is -0.122. The van der Waals surface area contributed by atoms with Gasteiger partial charge in [0.05, 0.1) is 12.6 Å². The second kappa shape index (κ2) is 7.32. The Bertz CT molecular complexity index is 583. The number of hydrogen-bond acceptors (Lipinski definition) is 3. The SMILES string of the molecule is CC(C)[C@@](C)(C#N)NC(=O)CN[C@@H](C)c1ccc(F)cc1F. The largest absolute Gasteiger partial charge is 0.337 e. The molecule has 0 radical (unpaired) electrons. The van der Waals surface area contributed by atoms with Crippen molar-refractivity contribution in [1.29, 1.82) is 5.26 Å². The van der Waals surface area contributed by atoms with Gasteiger partial charge in [-0.2, -0.15) is 5.26 Å². The summed E-state index contributed by atoms with van der Waals surface area (Å²) < 4.78 is 26.5. The normalized spacial score (nSPS) is 15.0. The Morgan fingerprint density at radius 1 is 1.36 bits per heavy atom. The first-order valence-corrected chi connectivity index (χ1v) is 7.10. The maximum absolute atomic E-state index is 13.6. The maximum Gasteiger partial charge on any atom is 0.235 e. The summed E-state index contributed by atoms with van der Waals surface area (Å²) in [5.74, 6) is -1.71. The van der Waals surface area contributed by atoms with Crippen LogP contribution in [0.15, 0.2) is 18.2 Å². The van der Waals surface area contributed by atoms with Gasteiger partial charge in [-0.3, -0.25) is 4.79 Å². The summed E-state index contributed by atoms with van der Waals surface area (Å²) in [6.45, 7) is 6.94. The Hall–Kier alpha value is -2.00. The number of nitriles is 1. The number of amides is 1. The van der Waals surface area contributed by atoms with Crippen molar-refractivity contribution < 1.29 is 13.6 Å². The predicted octanol–water partition coefficient (Wildman–Crippen LogP) is 2.67. The summed E-state index contributed by atoms with van der Waals surface area (Å²) in [6, 6.07) is 4.94. The summed E-state index contributed by atoms with van der Waals surface area (Å²) in [4.78, 5) is 11.9. The molecular formula is C16H21F2N3O. The zero-order valence-corrected chi connectivity index (χ0v) is 13.2. The lowest BCUT2D eigenvalue weighted by Gasteiger charge is -2.27. The summed E-state index contributed by atoms with van der Waals surface area (Å²) in [5.41, 5.74) is -0.676. The topological polar surface area (TPSA) is 64.9 Å². The van der Waals surface area contributed by atoms with Crippen LogP contribution < -0.4 is 10.6 Å². The minimum absolute atomic E-state index is 0.0478. The first kappa shape index (κ1) is 18.1. The Kier molecular flexibility index (Phi) is 6.01. The fourth-order valence-corrected chi connectivity index (χ4v) is 1.84. The molecule has 2 N–H and O–H groups in total. The van der Waals surface area contributed by atoms with Crippen LogP contribution in [0, 0.1) is 28.9 Å². The molecule has 0 aliphatic heterocycles. The standard InChI is InChI=1S/C16H21F2N3O/c1-10(2)16(4,9-19)21-15(22)8-20-11(3)13-6-5-12(17)7-14(13)18/h5-7,10-11,20H,8H2,1-4H3,(H,21,22)/t11-,16+/m0/s1. The summed E-state index contributed by atoms with van der Waals surface area (Å²) in [5, 5.41) is 14.7. The van der Waals surface area contributed by atoms with Gasteiger partial charge in [-0.05, 0) is 25.8 Å². The van der Waals surface area contributed by atoms with Gasteiger partial charge in [0.2, 0.25) is 5.91 Å². The molecule has 2 atom stereocenters. The molecule has 0 saturated heterocycles. The van der Waals surface area contributed by atoms with Gasteiger partial charge in [0, 0.05) is 17.7 Å². The van der Waals surface area contributed by atoms with Crippen LogP contribution in [0.4, 0.5) is 8.78 Å². The second-order valence-electron chi connectivity index (χ2n) is 5.79. The highest BCUT2D eigenvalue weighted by Gasteiger charge is 2.29. The van der Waals surface area contributed by atoms with E-state index in [1.165, 1.54) is 12.1 Å². The Labute approximate surface area is 129 Å². The van der Waals surface area contributed by atoms with E-state index in [0.29, 0.717) is 0 Å². The van der Waals surface area contributed by atoms with Crippen LogP contribution in [0.25, 0.3) is 0 Å². The molecule has 6 heteroatoms. The lowest BCUT2D eigenvalue weighted by Crippen LogP contribution is -2.51. The van der Waals surface area contributed by atoms with Gasteiger partial charge in [-0.25, -0.2) is 8.78 Å². The van der Waals surface area contributed by atoms with Crippen LogP contribution in [0.1, 0.15) is 39.3 Å². The van der Waals surface area contributed by atoms with Gasteiger partial charge in [0.15, 0.2) is 0 Å². The third-order valence-corrected chi connectivity index (χ3v) is 3.78. The first-order valence-electron chi connectivity index (χ1n) is 7.10. The van der Waals surface area contributed by atoms with E-state index >= 15 is 0 Å². The minimum Gasteiger partial charge on any atom is -0.337 e. The third kappa shape index (κ3) is 4.50. The number of hydrogen-bond donors (Lipinski definition) is 2. The zero-order chi connectivity index (χ0) is 16.9. The maximum atomic E-state index is 13.6. The number of nitrogens with zero attached hydrogens (tertiary/aromatic N) is 1. The molecule has 0 aliphatic rings. The van der Waals surface area contributed by atoms with E-state index in [9.17, 15) is 13.6 Å². The average molecular weight is 309 g/mol. The molecule has 0 unspecified atom stereocenters.